The van der Waals surface area contributed by atoms with E-state index in [2.05, 4.69) is 36.1 Å². The summed E-state index contributed by atoms with van der Waals surface area (Å²) < 4.78 is 5.43. The third-order valence-electron chi connectivity index (χ3n) is 2.36. The van der Waals surface area contributed by atoms with Gasteiger partial charge in [0.25, 0.3) is 5.88 Å². The highest BCUT2D eigenvalue weighted by Crippen LogP contribution is 2.26. The standard InChI is InChI=1S/C12H20N4O3/c1-5-13-11-14-8-9(16(17)18)10(15-11)19-7-6-12(2,3)4/h8H,5-7H2,1-4H3,(H,13,14,15). The largest absolute Gasteiger partial charge is 0.473 e. The summed E-state index contributed by atoms with van der Waals surface area (Å²) in [5.74, 6) is 0.346. The van der Waals surface area contributed by atoms with Crippen LogP contribution in [0.25, 0.3) is 0 Å². The summed E-state index contributed by atoms with van der Waals surface area (Å²) >= 11 is 0. The molecule has 0 aromatic carbocycles. The van der Waals surface area contributed by atoms with Gasteiger partial charge in [0.2, 0.25) is 5.95 Å². The van der Waals surface area contributed by atoms with Crippen molar-refractivity contribution in [2.45, 2.75) is 34.1 Å². The molecule has 0 atom stereocenters. The van der Waals surface area contributed by atoms with E-state index in [4.69, 9.17) is 4.74 Å². The molecule has 106 valence electrons. The van der Waals surface area contributed by atoms with E-state index in [-0.39, 0.29) is 17.0 Å². The first kappa shape index (κ1) is 15.1. The lowest BCUT2D eigenvalue weighted by Gasteiger charge is -2.17. The first-order valence-corrected chi connectivity index (χ1v) is 6.21. The highest BCUT2D eigenvalue weighted by atomic mass is 16.6. The van der Waals surface area contributed by atoms with E-state index in [1.165, 1.54) is 0 Å². The van der Waals surface area contributed by atoms with Gasteiger partial charge in [-0.3, -0.25) is 10.1 Å². The fraction of sp³-hybridized carbons (Fsp3) is 0.667. The number of nitro groups is 1. The molecule has 0 saturated carbocycles. The molecule has 1 aromatic heterocycles. The maximum atomic E-state index is 10.9. The van der Waals surface area contributed by atoms with Crippen LogP contribution in [0.5, 0.6) is 5.88 Å². The third-order valence-corrected chi connectivity index (χ3v) is 2.36. The Bertz CT molecular complexity index is 443. The van der Waals surface area contributed by atoms with Crippen LogP contribution in [0.4, 0.5) is 11.6 Å². The molecule has 0 aliphatic rings. The van der Waals surface area contributed by atoms with Gasteiger partial charge in [-0.05, 0) is 18.8 Å². The van der Waals surface area contributed by atoms with E-state index >= 15 is 0 Å². The van der Waals surface area contributed by atoms with E-state index in [9.17, 15) is 10.1 Å². The molecular weight excluding hydrogens is 248 g/mol. The topological polar surface area (TPSA) is 90.2 Å². The highest BCUT2D eigenvalue weighted by Gasteiger charge is 2.19. The summed E-state index contributed by atoms with van der Waals surface area (Å²) in [6.45, 7) is 9.15. The van der Waals surface area contributed by atoms with Crippen molar-refractivity contribution in [3.63, 3.8) is 0 Å². The van der Waals surface area contributed by atoms with Gasteiger partial charge >= 0.3 is 5.69 Å². The maximum Gasteiger partial charge on any atom is 0.349 e. The van der Waals surface area contributed by atoms with E-state index in [0.717, 1.165) is 12.6 Å². The fourth-order valence-corrected chi connectivity index (χ4v) is 1.29. The number of nitrogens with one attached hydrogen (secondary N) is 1. The predicted molar refractivity (Wildman–Crippen MR) is 72.4 cm³/mol. The van der Waals surface area contributed by atoms with E-state index in [1.54, 1.807) is 0 Å². The van der Waals surface area contributed by atoms with Gasteiger partial charge in [-0.25, -0.2) is 4.98 Å². The van der Waals surface area contributed by atoms with Crippen LogP contribution in [0.1, 0.15) is 34.1 Å². The highest BCUT2D eigenvalue weighted by molar-refractivity contribution is 5.43. The lowest BCUT2D eigenvalue weighted by molar-refractivity contribution is -0.386. The minimum absolute atomic E-state index is 0.0141. The lowest BCUT2D eigenvalue weighted by atomic mass is 9.93. The molecule has 0 aliphatic carbocycles. The van der Waals surface area contributed by atoms with Crippen LogP contribution in [0.3, 0.4) is 0 Å². The second-order valence-electron chi connectivity index (χ2n) is 5.33. The summed E-state index contributed by atoms with van der Waals surface area (Å²) in [5, 5.41) is 13.8. The maximum absolute atomic E-state index is 10.9. The minimum atomic E-state index is -0.540. The zero-order valence-corrected chi connectivity index (χ0v) is 11.8. The van der Waals surface area contributed by atoms with Crippen LogP contribution in [0.2, 0.25) is 0 Å². The molecule has 0 spiro atoms. The molecule has 0 saturated heterocycles. The van der Waals surface area contributed by atoms with Gasteiger partial charge in [-0.1, -0.05) is 20.8 Å². The van der Waals surface area contributed by atoms with Crippen LogP contribution in [-0.2, 0) is 0 Å². The van der Waals surface area contributed by atoms with Crippen LogP contribution >= 0.6 is 0 Å². The Labute approximate surface area is 112 Å². The van der Waals surface area contributed by atoms with Crippen molar-refractivity contribution >= 4 is 11.6 Å². The molecule has 0 amide bonds. The SMILES string of the molecule is CCNc1ncc([N+](=O)[O-])c(OCCC(C)(C)C)n1. The van der Waals surface area contributed by atoms with Crippen LogP contribution in [-0.4, -0.2) is 28.0 Å². The van der Waals surface area contributed by atoms with Crippen molar-refractivity contribution in [3.8, 4) is 5.88 Å². The molecule has 19 heavy (non-hydrogen) atoms. The van der Waals surface area contributed by atoms with Crippen molar-refractivity contribution in [2.75, 3.05) is 18.5 Å². The van der Waals surface area contributed by atoms with Crippen LogP contribution in [0, 0.1) is 15.5 Å². The van der Waals surface area contributed by atoms with Gasteiger partial charge in [0.15, 0.2) is 0 Å². The monoisotopic (exact) mass is 268 g/mol. The van der Waals surface area contributed by atoms with Crippen molar-refractivity contribution < 1.29 is 9.66 Å². The smallest absolute Gasteiger partial charge is 0.349 e. The first-order chi connectivity index (χ1) is 8.83. The molecule has 0 unspecified atom stereocenters. The quantitative estimate of drug-likeness (QED) is 0.630. The summed E-state index contributed by atoms with van der Waals surface area (Å²) in [7, 11) is 0. The Morgan fingerprint density at radius 1 is 1.47 bits per heavy atom. The Balaban J connectivity index is 2.82. The van der Waals surface area contributed by atoms with E-state index in [0.29, 0.717) is 19.1 Å². The van der Waals surface area contributed by atoms with Gasteiger partial charge in [-0.15, -0.1) is 0 Å². The zero-order chi connectivity index (χ0) is 14.5. The van der Waals surface area contributed by atoms with Gasteiger partial charge in [-0.2, -0.15) is 4.98 Å². The van der Waals surface area contributed by atoms with Crippen molar-refractivity contribution in [2.24, 2.45) is 5.41 Å². The van der Waals surface area contributed by atoms with Gasteiger partial charge in [0.05, 0.1) is 11.5 Å². The number of hydrogen-bond acceptors (Lipinski definition) is 6. The first-order valence-electron chi connectivity index (χ1n) is 6.21. The minimum Gasteiger partial charge on any atom is -0.473 e. The second kappa shape index (κ2) is 6.31. The number of rotatable bonds is 6. The molecule has 0 fully saturated rings. The average molecular weight is 268 g/mol. The normalized spacial score (nSPS) is 11.2. The van der Waals surface area contributed by atoms with Crippen molar-refractivity contribution in [3.05, 3.63) is 16.3 Å². The second-order valence-corrected chi connectivity index (χ2v) is 5.33. The number of nitrogens with zero attached hydrogens (tertiary/aromatic N) is 3. The Hall–Kier alpha value is -1.92. The molecule has 0 bridgehead atoms. The Morgan fingerprint density at radius 2 is 2.16 bits per heavy atom. The number of anilines is 1. The molecule has 0 radical (unpaired) electrons. The molecule has 1 rings (SSSR count). The summed E-state index contributed by atoms with van der Waals surface area (Å²) in [6, 6.07) is 0. The van der Waals surface area contributed by atoms with Crippen molar-refractivity contribution in [1.82, 2.24) is 9.97 Å². The molecule has 7 heteroatoms. The lowest BCUT2D eigenvalue weighted by Crippen LogP contribution is -2.13. The Morgan fingerprint density at radius 3 is 2.68 bits per heavy atom. The average Bonchev–Trinajstić information content (AvgIpc) is 2.27. The summed E-state index contributed by atoms with van der Waals surface area (Å²) in [6.07, 6.45) is 1.95. The number of hydrogen-bond donors (Lipinski definition) is 1. The third kappa shape index (κ3) is 5.07. The van der Waals surface area contributed by atoms with Gasteiger partial charge in [0, 0.05) is 6.54 Å². The van der Waals surface area contributed by atoms with Gasteiger partial charge < -0.3 is 10.1 Å². The molecule has 0 aliphatic heterocycles. The fourth-order valence-electron chi connectivity index (χ4n) is 1.29. The molecule has 1 heterocycles. The zero-order valence-electron chi connectivity index (χ0n) is 11.8. The van der Waals surface area contributed by atoms with E-state index < -0.39 is 4.92 Å². The number of ether oxygens (including phenoxy) is 1. The summed E-state index contributed by atoms with van der Waals surface area (Å²) in [5.41, 5.74) is -0.109. The number of aromatic nitrogens is 2. The predicted octanol–water partition coefficient (Wildman–Crippen LogP) is 2.63. The summed E-state index contributed by atoms with van der Waals surface area (Å²) in [4.78, 5) is 18.2. The molecule has 7 nitrogen and oxygen atoms in total. The van der Waals surface area contributed by atoms with Crippen LogP contribution in [0.15, 0.2) is 6.20 Å². The molecule has 1 N–H and O–H groups in total. The van der Waals surface area contributed by atoms with E-state index in [1.807, 2.05) is 6.92 Å². The van der Waals surface area contributed by atoms with Crippen LogP contribution < -0.4 is 10.1 Å². The molecular formula is C12H20N4O3. The van der Waals surface area contributed by atoms with Gasteiger partial charge in [0.1, 0.15) is 6.20 Å². The molecule has 1 aromatic rings. The Kier molecular flexibility index (Phi) is 5.02. The van der Waals surface area contributed by atoms with Crippen molar-refractivity contribution in [1.29, 1.82) is 0 Å².